The molecule has 1 heterocycles. The molecule has 4 aromatic rings. The quantitative estimate of drug-likeness (QED) is 0.0295. The van der Waals surface area contributed by atoms with Gasteiger partial charge < -0.3 is 48.3 Å². The number of ketones is 1. The summed E-state index contributed by atoms with van der Waals surface area (Å²) in [6, 6.07) is 28.5. The molecule has 1 unspecified atom stereocenters. The first-order valence-corrected chi connectivity index (χ1v) is 25.6. The monoisotopic (exact) mass is 1060 g/mol. The van der Waals surface area contributed by atoms with Crippen LogP contribution in [-0.2, 0) is 52.3 Å². The second-order valence-electron chi connectivity index (χ2n) is 20.3. The molecule has 18 nitrogen and oxygen atoms in total. The van der Waals surface area contributed by atoms with Crippen molar-refractivity contribution in [1.29, 1.82) is 0 Å². The molecule has 0 radical (unpaired) electrons. The Kier molecular flexibility index (Phi) is 18.5. The second kappa shape index (κ2) is 25.0. The number of benzene rings is 4. The predicted molar refractivity (Wildman–Crippen MR) is 275 cm³/mol. The molecule has 1 aliphatic heterocycles. The molecular weight excluding hydrogens is 995 g/mol. The highest BCUT2D eigenvalue weighted by atomic mass is 16.7. The second-order valence-corrected chi connectivity index (χ2v) is 20.3. The van der Waals surface area contributed by atoms with Crippen LogP contribution in [0.4, 0.5) is 4.79 Å². The summed E-state index contributed by atoms with van der Waals surface area (Å²) in [7, 11) is 0. The predicted octanol–water partition coefficient (Wildman–Crippen LogP) is 8.19. The van der Waals surface area contributed by atoms with Crippen LogP contribution in [0.1, 0.15) is 123 Å². The van der Waals surface area contributed by atoms with Crippen molar-refractivity contribution >= 4 is 47.7 Å². The number of ether oxygens (including phenoxy) is 8. The molecule has 4 aromatic carbocycles. The van der Waals surface area contributed by atoms with Gasteiger partial charge in [0.05, 0.1) is 42.0 Å². The van der Waals surface area contributed by atoms with E-state index in [0.29, 0.717) is 12.0 Å². The van der Waals surface area contributed by atoms with Crippen LogP contribution in [0, 0.1) is 16.7 Å². The Morgan fingerprint density at radius 3 is 1.92 bits per heavy atom. The van der Waals surface area contributed by atoms with E-state index in [2.05, 4.69) is 5.32 Å². The van der Waals surface area contributed by atoms with E-state index >= 15 is 9.59 Å². The van der Waals surface area contributed by atoms with E-state index in [9.17, 15) is 33.9 Å². The molecule has 77 heavy (non-hydrogen) atoms. The van der Waals surface area contributed by atoms with Gasteiger partial charge in [0, 0.05) is 31.7 Å². The van der Waals surface area contributed by atoms with Crippen molar-refractivity contribution in [3.63, 3.8) is 0 Å². The van der Waals surface area contributed by atoms with Crippen molar-refractivity contribution in [2.45, 2.75) is 129 Å². The van der Waals surface area contributed by atoms with Crippen LogP contribution >= 0.6 is 0 Å². The minimum absolute atomic E-state index is 0.0640. The molecule has 10 atom stereocenters. The van der Waals surface area contributed by atoms with E-state index in [1.807, 2.05) is 6.92 Å². The third-order valence-electron chi connectivity index (χ3n) is 14.6. The number of carbonyl (C=O) groups is 8. The first-order valence-electron chi connectivity index (χ1n) is 25.6. The Morgan fingerprint density at radius 2 is 1.34 bits per heavy atom. The zero-order valence-electron chi connectivity index (χ0n) is 44.1. The number of Topliss-reactive ketones (excluding diaryl/α,β-unsaturated/α-hetero) is 1. The van der Waals surface area contributed by atoms with Gasteiger partial charge in [-0.05, 0) is 104 Å². The molecular formula is C59H65NO17. The summed E-state index contributed by atoms with van der Waals surface area (Å²) in [4.78, 5) is 110. The van der Waals surface area contributed by atoms with Crippen molar-refractivity contribution in [2.75, 3.05) is 13.2 Å². The molecule has 2 bridgehead atoms. The summed E-state index contributed by atoms with van der Waals surface area (Å²) in [5, 5.41) is 15.1. The van der Waals surface area contributed by atoms with Gasteiger partial charge in [-0.15, -0.1) is 0 Å². The third kappa shape index (κ3) is 13.5. The number of unbranched alkanes of at least 4 members (excludes halogenated alkanes) is 1. The molecule has 1 amide bonds. The van der Waals surface area contributed by atoms with E-state index in [0.717, 1.165) is 13.3 Å². The number of aliphatic hydroxyl groups excluding tert-OH is 1. The fraction of sp³-hybridized carbons (Fsp3) is 0.424. The summed E-state index contributed by atoms with van der Waals surface area (Å²) >= 11 is 0. The van der Waals surface area contributed by atoms with Crippen molar-refractivity contribution < 1.29 is 81.4 Å². The lowest BCUT2D eigenvalue weighted by Crippen LogP contribution is -2.60. The smallest absolute Gasteiger partial charge is 0.462 e. The SMILES string of the molecule is CCCCOC(=O)c1ccc(OC(=O)O[C@@H](C(=O)O[C@H]2CC3[C@@H](OC(=O)c4ccccc4)C[C@@](C)([C@@H](O)C[C@H]4OC[C@@H]4OC(C)=O)C(=O)[C@H](OC(C)=O)C(=C2C)C3(C)C)[C@@H](NC(=O)c2ccccc2)c2ccccc2)cc1. The Morgan fingerprint density at radius 1 is 0.740 bits per heavy atom. The highest BCUT2D eigenvalue weighted by Crippen LogP contribution is 2.55. The highest BCUT2D eigenvalue weighted by Gasteiger charge is 2.60. The molecule has 3 aliphatic rings. The fourth-order valence-corrected chi connectivity index (χ4v) is 10.3. The average molecular weight is 1060 g/mol. The van der Waals surface area contributed by atoms with E-state index < -0.39 is 113 Å². The number of fused-ring (bicyclic) bond motifs is 2. The lowest BCUT2D eigenvalue weighted by molar-refractivity contribution is -0.208. The van der Waals surface area contributed by atoms with Crippen molar-refractivity contribution in [3.8, 4) is 5.75 Å². The maximum absolute atomic E-state index is 15.5. The van der Waals surface area contributed by atoms with E-state index in [1.54, 1.807) is 112 Å². The lowest BCUT2D eigenvalue weighted by Gasteiger charge is -2.53. The fourth-order valence-electron chi connectivity index (χ4n) is 10.3. The standard InChI is InChI=1S/C59H65NO17/c1-8-9-29-70-54(66)40-25-27-41(28-26-40)74-57(69)77-51(49(37-19-13-10-14-20-37)60-53(65)38-21-15-11-16-22-38)56(68)75-43-30-42-45(76-55(67)39-23-17-12-18-24-39)32-59(7,47(63)31-44-46(33-71-44)72-35(3)61)52(64)50(73-36(4)62)48(34(43)2)58(42,5)6/h10-28,42-47,49-51,63H,8-9,29-33H2,1-7H3,(H,60,65)/t42?,43-,44+,45-,46-,47-,49-,50+,51+,59-/m0/s1. The number of esters is 5. The van der Waals surface area contributed by atoms with Crippen molar-refractivity contribution in [2.24, 2.45) is 16.7 Å². The molecule has 18 heteroatoms. The van der Waals surface area contributed by atoms with Gasteiger partial charge in [-0.2, -0.15) is 0 Å². The van der Waals surface area contributed by atoms with Crippen LogP contribution < -0.4 is 10.1 Å². The molecule has 0 aromatic heterocycles. The molecule has 2 aliphatic carbocycles. The summed E-state index contributed by atoms with van der Waals surface area (Å²) < 4.78 is 46.6. The van der Waals surface area contributed by atoms with Crippen molar-refractivity contribution in [3.05, 3.63) is 149 Å². The topological polar surface area (TPSA) is 243 Å². The van der Waals surface area contributed by atoms with Crippen LogP contribution in [0.25, 0.3) is 0 Å². The summed E-state index contributed by atoms with van der Waals surface area (Å²) in [6.07, 6.45) is -9.69. The number of carbonyl (C=O) groups excluding carboxylic acids is 8. The van der Waals surface area contributed by atoms with Gasteiger partial charge >= 0.3 is 36.0 Å². The maximum atomic E-state index is 15.5. The van der Waals surface area contributed by atoms with Crippen LogP contribution in [0.2, 0.25) is 0 Å². The molecule has 2 fully saturated rings. The largest absolute Gasteiger partial charge is 0.514 e. The molecule has 0 spiro atoms. The van der Waals surface area contributed by atoms with E-state index in [1.165, 1.54) is 38.1 Å². The van der Waals surface area contributed by atoms with Crippen molar-refractivity contribution in [1.82, 2.24) is 5.32 Å². The molecule has 2 N–H and O–H groups in total. The summed E-state index contributed by atoms with van der Waals surface area (Å²) in [5.74, 6) is -6.21. The normalized spacial score (nSPS) is 23.7. The summed E-state index contributed by atoms with van der Waals surface area (Å²) in [5.41, 5.74) is -1.59. The first-order chi connectivity index (χ1) is 36.7. The average Bonchev–Trinajstić information content (AvgIpc) is 3.46. The lowest BCUT2D eigenvalue weighted by atomic mass is 9.55. The van der Waals surface area contributed by atoms with Gasteiger partial charge in [0.2, 0.25) is 6.10 Å². The molecule has 1 saturated carbocycles. The van der Waals surface area contributed by atoms with E-state index in [4.69, 9.17) is 37.9 Å². The van der Waals surface area contributed by atoms with Gasteiger partial charge in [0.1, 0.15) is 24.0 Å². The number of aliphatic hydroxyl groups is 1. The number of amides is 1. The Balaban J connectivity index is 1.29. The van der Waals surface area contributed by atoms with Gasteiger partial charge in [-0.25, -0.2) is 19.2 Å². The Bertz CT molecular complexity index is 2820. The minimum Gasteiger partial charge on any atom is -0.462 e. The zero-order chi connectivity index (χ0) is 55.6. The molecule has 7 rings (SSSR count). The number of hydrogen-bond acceptors (Lipinski definition) is 17. The number of nitrogens with one attached hydrogen (secondary N) is 1. The molecule has 408 valence electrons. The number of rotatable bonds is 19. The summed E-state index contributed by atoms with van der Waals surface area (Å²) in [6.45, 7) is 11.3. The Labute approximate surface area is 446 Å². The van der Waals surface area contributed by atoms with E-state index in [-0.39, 0.29) is 66.1 Å². The van der Waals surface area contributed by atoms with Gasteiger partial charge in [0.25, 0.3) is 5.91 Å². The van der Waals surface area contributed by atoms with Gasteiger partial charge in [-0.1, -0.05) is 93.9 Å². The van der Waals surface area contributed by atoms with Crippen LogP contribution in [0.3, 0.4) is 0 Å². The third-order valence-corrected chi connectivity index (χ3v) is 14.6. The van der Waals surface area contributed by atoms with Gasteiger partial charge in [-0.3, -0.25) is 19.2 Å². The minimum atomic E-state index is -1.98. The highest BCUT2D eigenvalue weighted by molar-refractivity contribution is 5.96. The van der Waals surface area contributed by atoms with Crippen LogP contribution in [-0.4, -0.2) is 109 Å². The zero-order valence-corrected chi connectivity index (χ0v) is 44.1. The van der Waals surface area contributed by atoms with Gasteiger partial charge in [0.15, 0.2) is 18.0 Å². The van der Waals surface area contributed by atoms with Crippen LogP contribution in [0.15, 0.2) is 126 Å². The Hall–Kier alpha value is -7.70. The van der Waals surface area contributed by atoms with Crippen LogP contribution in [0.5, 0.6) is 5.75 Å². The first kappa shape index (κ1) is 57.0. The molecule has 1 saturated heterocycles. The maximum Gasteiger partial charge on any atom is 0.514 e. The number of hydrogen-bond donors (Lipinski definition) is 2.